The number of amides is 2. The number of anilines is 1. The molecule has 1 aliphatic carbocycles. The van der Waals surface area contributed by atoms with Crippen molar-refractivity contribution >= 4 is 29.1 Å². The van der Waals surface area contributed by atoms with Crippen molar-refractivity contribution < 1.29 is 19.4 Å². The maximum Gasteiger partial charge on any atom is 0.279 e. The van der Waals surface area contributed by atoms with E-state index >= 15 is 0 Å². The number of hydrogen-bond donors (Lipinski definition) is 4. The molecule has 30 heavy (non-hydrogen) atoms. The van der Waals surface area contributed by atoms with Crippen LogP contribution in [0, 0.1) is 0 Å². The average Bonchev–Trinajstić information content (AvgIpc) is 2.76. The summed E-state index contributed by atoms with van der Waals surface area (Å²) in [7, 11) is 0. The average molecular weight is 435 g/mol. The van der Waals surface area contributed by atoms with Crippen molar-refractivity contribution in [2.24, 2.45) is 0 Å². The number of hydrogen-bond acceptors (Lipinski definition) is 2. The smallest absolute Gasteiger partial charge is 0.279 e. The molecule has 1 aromatic carbocycles. The first-order valence-electron chi connectivity index (χ1n) is 11.2. The van der Waals surface area contributed by atoms with Gasteiger partial charge in [-0.05, 0) is 51.2 Å². The van der Waals surface area contributed by atoms with Gasteiger partial charge in [-0.25, -0.2) is 0 Å². The van der Waals surface area contributed by atoms with Gasteiger partial charge < -0.3 is 20.4 Å². The number of benzene rings is 1. The minimum Gasteiger partial charge on any atom is -0.351 e. The van der Waals surface area contributed by atoms with Gasteiger partial charge >= 0.3 is 0 Å². The van der Waals surface area contributed by atoms with E-state index in [0.717, 1.165) is 39.1 Å². The summed E-state index contributed by atoms with van der Waals surface area (Å²) in [5.41, 5.74) is 2.15. The van der Waals surface area contributed by atoms with Crippen molar-refractivity contribution in [3.63, 3.8) is 0 Å². The highest BCUT2D eigenvalue weighted by molar-refractivity contribution is 6.33. The van der Waals surface area contributed by atoms with Gasteiger partial charge in [0.25, 0.3) is 11.8 Å². The SMILES string of the molecule is C[C@@H](C(=O)NCCC1=CCCCC1)[NH+]1CC[NH+](CC(=O)Nc2ccccc2Cl)CC1. The van der Waals surface area contributed by atoms with Crippen molar-refractivity contribution in [3.05, 3.63) is 40.9 Å². The molecule has 1 heterocycles. The van der Waals surface area contributed by atoms with E-state index in [-0.39, 0.29) is 17.9 Å². The maximum atomic E-state index is 12.5. The molecule has 164 valence electrons. The summed E-state index contributed by atoms with van der Waals surface area (Å²) in [6, 6.07) is 7.22. The van der Waals surface area contributed by atoms with Crippen LogP contribution in [0.3, 0.4) is 0 Å². The van der Waals surface area contributed by atoms with Crippen LogP contribution >= 0.6 is 11.6 Å². The number of allylic oxidation sites excluding steroid dienone is 1. The third kappa shape index (κ3) is 6.83. The zero-order valence-electron chi connectivity index (χ0n) is 17.9. The molecule has 1 saturated heterocycles. The predicted octanol–water partition coefficient (Wildman–Crippen LogP) is 0.457. The van der Waals surface area contributed by atoms with Crippen LogP contribution in [-0.2, 0) is 9.59 Å². The summed E-state index contributed by atoms with van der Waals surface area (Å²) < 4.78 is 0. The molecule has 4 N–H and O–H groups in total. The lowest BCUT2D eigenvalue weighted by molar-refractivity contribution is -1.01. The molecule has 2 amide bonds. The summed E-state index contributed by atoms with van der Waals surface area (Å²) in [5.74, 6) is 0.116. The highest BCUT2D eigenvalue weighted by Gasteiger charge is 2.31. The fraction of sp³-hybridized carbons (Fsp3) is 0.565. The first-order valence-corrected chi connectivity index (χ1v) is 11.6. The second-order valence-corrected chi connectivity index (χ2v) is 8.89. The summed E-state index contributed by atoms with van der Waals surface area (Å²) in [6.07, 6.45) is 8.27. The molecular formula is C23H35ClN4O2+2. The predicted molar refractivity (Wildman–Crippen MR) is 120 cm³/mol. The number of quaternary nitrogens is 2. The minimum atomic E-state index is -0.0520. The number of piperazine rings is 1. The molecule has 1 aliphatic heterocycles. The number of carbonyl (C=O) groups excluding carboxylic acids is 2. The Balaban J connectivity index is 1.35. The van der Waals surface area contributed by atoms with E-state index in [1.165, 1.54) is 41.1 Å². The van der Waals surface area contributed by atoms with Gasteiger partial charge in [-0.1, -0.05) is 35.4 Å². The van der Waals surface area contributed by atoms with Gasteiger partial charge in [0, 0.05) is 6.54 Å². The molecule has 6 nitrogen and oxygen atoms in total. The highest BCUT2D eigenvalue weighted by atomic mass is 35.5. The molecule has 0 spiro atoms. The van der Waals surface area contributed by atoms with Crippen LogP contribution in [0.5, 0.6) is 0 Å². The van der Waals surface area contributed by atoms with Gasteiger partial charge in [0.15, 0.2) is 12.6 Å². The molecule has 0 aromatic heterocycles. The van der Waals surface area contributed by atoms with Gasteiger partial charge in [0.05, 0.1) is 10.7 Å². The van der Waals surface area contributed by atoms with Crippen LogP contribution in [0.15, 0.2) is 35.9 Å². The summed E-state index contributed by atoms with van der Waals surface area (Å²) in [4.78, 5) is 27.4. The second kappa shape index (κ2) is 11.5. The number of carbonyl (C=O) groups is 2. The van der Waals surface area contributed by atoms with Gasteiger partial charge in [0.2, 0.25) is 0 Å². The van der Waals surface area contributed by atoms with Gasteiger partial charge in [-0.2, -0.15) is 0 Å². The van der Waals surface area contributed by atoms with E-state index in [0.29, 0.717) is 17.3 Å². The fourth-order valence-electron chi connectivity index (χ4n) is 4.33. The Morgan fingerprint density at radius 3 is 2.60 bits per heavy atom. The Labute approximate surface area is 184 Å². The van der Waals surface area contributed by atoms with Crippen LogP contribution in [-0.4, -0.2) is 57.1 Å². The van der Waals surface area contributed by atoms with E-state index in [4.69, 9.17) is 11.6 Å². The number of nitrogens with one attached hydrogen (secondary N) is 4. The van der Waals surface area contributed by atoms with Crippen molar-refractivity contribution in [1.29, 1.82) is 0 Å². The lowest BCUT2D eigenvalue weighted by Crippen LogP contribution is -3.30. The first-order chi connectivity index (χ1) is 14.5. The van der Waals surface area contributed by atoms with Crippen LogP contribution in [0.25, 0.3) is 0 Å². The van der Waals surface area contributed by atoms with Gasteiger partial charge in [-0.15, -0.1) is 0 Å². The Kier molecular flexibility index (Phi) is 8.73. The lowest BCUT2D eigenvalue weighted by Gasteiger charge is -2.32. The zero-order chi connectivity index (χ0) is 21.3. The molecule has 0 radical (unpaired) electrons. The Morgan fingerprint density at radius 2 is 1.90 bits per heavy atom. The summed E-state index contributed by atoms with van der Waals surface area (Å²) in [5, 5.41) is 6.56. The molecule has 1 fully saturated rings. The number of halogens is 1. The van der Waals surface area contributed by atoms with E-state index in [2.05, 4.69) is 16.7 Å². The van der Waals surface area contributed by atoms with Crippen LogP contribution in [0.2, 0.25) is 5.02 Å². The van der Waals surface area contributed by atoms with Crippen molar-refractivity contribution in [2.75, 3.05) is 44.6 Å². The zero-order valence-corrected chi connectivity index (χ0v) is 18.7. The van der Waals surface area contributed by atoms with Crippen molar-refractivity contribution in [1.82, 2.24) is 5.32 Å². The topological polar surface area (TPSA) is 67.1 Å². The fourth-order valence-corrected chi connectivity index (χ4v) is 4.52. The molecule has 1 aromatic rings. The third-order valence-corrected chi connectivity index (χ3v) is 6.62. The molecule has 1 atom stereocenters. The highest BCUT2D eigenvalue weighted by Crippen LogP contribution is 2.20. The molecule has 0 unspecified atom stereocenters. The summed E-state index contributed by atoms with van der Waals surface area (Å²) in [6.45, 7) is 6.74. The van der Waals surface area contributed by atoms with Crippen LogP contribution in [0.4, 0.5) is 5.69 Å². The standard InChI is InChI=1S/C23H33ClN4O2/c1-18(23(30)25-12-11-19-7-3-2-4-8-19)28-15-13-27(14-16-28)17-22(29)26-21-10-6-5-9-20(21)24/h5-7,9-10,18H,2-4,8,11-17H2,1H3,(H,25,30)(H,26,29)/p+2/t18-/m0/s1. The largest absolute Gasteiger partial charge is 0.351 e. The molecule has 3 rings (SSSR count). The van der Waals surface area contributed by atoms with Gasteiger partial charge in [0.1, 0.15) is 26.2 Å². The molecule has 7 heteroatoms. The van der Waals surface area contributed by atoms with Gasteiger partial charge in [-0.3, -0.25) is 9.59 Å². The minimum absolute atomic E-state index is 0.0237. The van der Waals surface area contributed by atoms with Crippen molar-refractivity contribution in [2.45, 2.75) is 45.1 Å². The Morgan fingerprint density at radius 1 is 1.13 bits per heavy atom. The van der Waals surface area contributed by atoms with Crippen LogP contribution < -0.4 is 20.4 Å². The third-order valence-electron chi connectivity index (χ3n) is 6.29. The second-order valence-electron chi connectivity index (χ2n) is 8.48. The molecule has 0 saturated carbocycles. The number of para-hydroxylation sites is 1. The quantitative estimate of drug-likeness (QED) is 0.449. The lowest BCUT2D eigenvalue weighted by atomic mass is 9.97. The normalized spacial score (nSPS) is 22.7. The van der Waals surface area contributed by atoms with E-state index in [9.17, 15) is 9.59 Å². The Hall–Kier alpha value is -1.89. The number of rotatable bonds is 8. The van der Waals surface area contributed by atoms with Crippen LogP contribution in [0.1, 0.15) is 39.0 Å². The monoisotopic (exact) mass is 434 g/mol. The molecule has 0 bridgehead atoms. The molecular weight excluding hydrogens is 400 g/mol. The summed E-state index contributed by atoms with van der Waals surface area (Å²) >= 11 is 6.11. The van der Waals surface area contributed by atoms with Crippen molar-refractivity contribution in [3.8, 4) is 0 Å². The first kappa shape index (κ1) is 22.8. The molecule has 2 aliphatic rings. The van der Waals surface area contributed by atoms with E-state index < -0.39 is 0 Å². The van der Waals surface area contributed by atoms with E-state index in [1.807, 2.05) is 25.1 Å². The maximum absolute atomic E-state index is 12.5. The van der Waals surface area contributed by atoms with E-state index in [1.54, 1.807) is 6.07 Å². The Bertz CT molecular complexity index is 759.